The normalized spacial score (nSPS) is 15.9. The van der Waals surface area contributed by atoms with E-state index in [0.29, 0.717) is 17.9 Å². The summed E-state index contributed by atoms with van der Waals surface area (Å²) in [5.41, 5.74) is 2.74. The third-order valence-electron chi connectivity index (χ3n) is 6.62. The standard InChI is InChI=1S/C28H31FN2O3S/c1-4-20(3)31(28(33)21-7-5-19(2)6-8-21)17-27(32)30-15-13-26-24(14-16-35-26)25(30)18-34-23-11-9-22(29)10-12-23/h5-12,14,16,20,25H,4,13,15,17-18H2,1-3H3. The first-order valence-electron chi connectivity index (χ1n) is 12.0. The molecule has 0 bridgehead atoms. The van der Waals surface area contributed by atoms with Gasteiger partial charge in [0, 0.05) is 23.0 Å². The van der Waals surface area contributed by atoms with Gasteiger partial charge in [0.25, 0.3) is 5.91 Å². The van der Waals surface area contributed by atoms with Gasteiger partial charge in [-0.2, -0.15) is 0 Å². The molecular weight excluding hydrogens is 463 g/mol. The second-order valence-electron chi connectivity index (χ2n) is 8.97. The van der Waals surface area contributed by atoms with Gasteiger partial charge in [-0.25, -0.2) is 4.39 Å². The first-order chi connectivity index (χ1) is 16.9. The third-order valence-corrected chi connectivity index (χ3v) is 7.62. The lowest BCUT2D eigenvalue weighted by molar-refractivity contribution is -0.136. The second-order valence-corrected chi connectivity index (χ2v) is 9.97. The van der Waals surface area contributed by atoms with Gasteiger partial charge < -0.3 is 14.5 Å². The number of carbonyl (C=O) groups is 2. The number of ether oxygens (including phenoxy) is 1. The molecule has 1 aliphatic heterocycles. The molecular formula is C28H31FN2O3S. The van der Waals surface area contributed by atoms with Crippen LogP contribution < -0.4 is 4.74 Å². The zero-order valence-electron chi connectivity index (χ0n) is 20.4. The molecule has 2 amide bonds. The molecule has 2 unspecified atom stereocenters. The van der Waals surface area contributed by atoms with Crippen LogP contribution in [0.25, 0.3) is 0 Å². The van der Waals surface area contributed by atoms with Crippen molar-refractivity contribution < 1.29 is 18.7 Å². The molecule has 0 N–H and O–H groups in total. The summed E-state index contributed by atoms with van der Waals surface area (Å²) in [4.78, 5) is 31.8. The molecule has 5 nitrogen and oxygen atoms in total. The number of carbonyl (C=O) groups excluding carboxylic acids is 2. The molecule has 35 heavy (non-hydrogen) atoms. The molecule has 0 saturated heterocycles. The van der Waals surface area contributed by atoms with Gasteiger partial charge in [-0.15, -0.1) is 11.3 Å². The summed E-state index contributed by atoms with van der Waals surface area (Å²) in [5, 5.41) is 2.04. The maximum absolute atomic E-state index is 13.6. The molecule has 2 atom stereocenters. The van der Waals surface area contributed by atoms with Crippen molar-refractivity contribution in [2.45, 2.75) is 45.7 Å². The summed E-state index contributed by atoms with van der Waals surface area (Å²) in [6.07, 6.45) is 1.53. The predicted octanol–water partition coefficient (Wildman–Crippen LogP) is 5.64. The summed E-state index contributed by atoms with van der Waals surface area (Å²) >= 11 is 1.68. The van der Waals surface area contributed by atoms with Gasteiger partial charge in [0.1, 0.15) is 24.7 Å². The number of halogens is 1. The Hall–Kier alpha value is -3.19. The van der Waals surface area contributed by atoms with Crippen molar-refractivity contribution in [1.29, 1.82) is 0 Å². The van der Waals surface area contributed by atoms with Crippen LogP contribution in [0.3, 0.4) is 0 Å². The fourth-order valence-electron chi connectivity index (χ4n) is 4.33. The summed E-state index contributed by atoms with van der Waals surface area (Å²) < 4.78 is 19.3. The fourth-order valence-corrected chi connectivity index (χ4v) is 5.26. The molecule has 7 heteroatoms. The highest BCUT2D eigenvalue weighted by molar-refractivity contribution is 7.10. The Morgan fingerprint density at radius 2 is 1.86 bits per heavy atom. The number of aryl methyl sites for hydroxylation is 1. The Morgan fingerprint density at radius 3 is 2.54 bits per heavy atom. The number of hydrogen-bond acceptors (Lipinski definition) is 4. The Labute approximate surface area is 210 Å². The Balaban J connectivity index is 1.54. The van der Waals surface area contributed by atoms with E-state index < -0.39 is 0 Å². The van der Waals surface area contributed by atoms with E-state index >= 15 is 0 Å². The first-order valence-corrected chi connectivity index (χ1v) is 12.9. The maximum atomic E-state index is 13.6. The van der Waals surface area contributed by atoms with E-state index in [1.807, 2.05) is 61.4 Å². The third kappa shape index (κ3) is 5.73. The number of amides is 2. The molecule has 0 fully saturated rings. The van der Waals surface area contributed by atoms with Crippen molar-refractivity contribution in [3.63, 3.8) is 0 Å². The average Bonchev–Trinajstić information content (AvgIpc) is 3.35. The van der Waals surface area contributed by atoms with Crippen LogP contribution in [-0.4, -0.2) is 47.4 Å². The highest BCUT2D eigenvalue weighted by atomic mass is 32.1. The van der Waals surface area contributed by atoms with E-state index in [0.717, 1.165) is 24.0 Å². The van der Waals surface area contributed by atoms with Gasteiger partial charge in [0.2, 0.25) is 5.91 Å². The zero-order chi connectivity index (χ0) is 24.9. The van der Waals surface area contributed by atoms with Crippen molar-refractivity contribution in [1.82, 2.24) is 9.80 Å². The summed E-state index contributed by atoms with van der Waals surface area (Å²) in [6.45, 7) is 6.80. The molecule has 0 aliphatic carbocycles. The lowest BCUT2D eigenvalue weighted by Gasteiger charge is -2.38. The van der Waals surface area contributed by atoms with Crippen LogP contribution in [0, 0.1) is 12.7 Å². The lowest BCUT2D eigenvalue weighted by Crippen LogP contribution is -2.49. The van der Waals surface area contributed by atoms with E-state index in [2.05, 4.69) is 0 Å². The average molecular weight is 495 g/mol. The van der Waals surface area contributed by atoms with Crippen molar-refractivity contribution in [3.05, 3.63) is 87.4 Å². The molecule has 2 aromatic carbocycles. The Bertz CT molecular complexity index is 1160. The summed E-state index contributed by atoms with van der Waals surface area (Å²) in [6, 6.07) is 15.0. The monoisotopic (exact) mass is 494 g/mol. The van der Waals surface area contributed by atoms with Crippen LogP contribution in [-0.2, 0) is 11.2 Å². The quantitative estimate of drug-likeness (QED) is 0.407. The Kier molecular flexibility index (Phi) is 7.86. The Morgan fingerprint density at radius 1 is 1.14 bits per heavy atom. The summed E-state index contributed by atoms with van der Waals surface area (Å²) in [5.74, 6) is -0.0115. The molecule has 184 valence electrons. The van der Waals surface area contributed by atoms with Crippen molar-refractivity contribution >= 4 is 23.2 Å². The van der Waals surface area contributed by atoms with Crippen LogP contribution in [0.5, 0.6) is 5.75 Å². The zero-order valence-corrected chi connectivity index (χ0v) is 21.2. The highest BCUT2D eigenvalue weighted by Crippen LogP contribution is 2.34. The lowest BCUT2D eigenvalue weighted by atomic mass is 10.00. The molecule has 2 heterocycles. The minimum atomic E-state index is -0.324. The fraction of sp³-hybridized carbons (Fsp3) is 0.357. The second kappa shape index (κ2) is 11.0. The van der Waals surface area contributed by atoms with Crippen LogP contribution >= 0.6 is 11.3 Å². The number of hydrogen-bond donors (Lipinski definition) is 0. The highest BCUT2D eigenvalue weighted by Gasteiger charge is 2.34. The molecule has 0 saturated carbocycles. The number of benzene rings is 2. The molecule has 3 aromatic rings. The minimum absolute atomic E-state index is 0.00817. The number of nitrogens with zero attached hydrogens (tertiary/aromatic N) is 2. The van der Waals surface area contributed by atoms with Crippen LogP contribution in [0.2, 0.25) is 0 Å². The SMILES string of the molecule is CCC(C)N(CC(=O)N1CCc2sccc2C1COc1ccc(F)cc1)C(=O)c1ccc(C)cc1. The van der Waals surface area contributed by atoms with Gasteiger partial charge in [0.05, 0.1) is 6.04 Å². The molecule has 1 aromatic heterocycles. The molecule has 1 aliphatic rings. The van der Waals surface area contributed by atoms with Crippen LogP contribution in [0.4, 0.5) is 4.39 Å². The first kappa shape index (κ1) is 24.9. The van der Waals surface area contributed by atoms with Gasteiger partial charge in [0.15, 0.2) is 0 Å². The van der Waals surface area contributed by atoms with Gasteiger partial charge >= 0.3 is 0 Å². The maximum Gasteiger partial charge on any atom is 0.254 e. The smallest absolute Gasteiger partial charge is 0.254 e. The van der Waals surface area contributed by atoms with Gasteiger partial charge in [-0.3, -0.25) is 9.59 Å². The molecule has 0 spiro atoms. The van der Waals surface area contributed by atoms with E-state index in [9.17, 15) is 14.0 Å². The van der Waals surface area contributed by atoms with Crippen LogP contribution in [0.15, 0.2) is 60.0 Å². The number of rotatable bonds is 8. The van der Waals surface area contributed by atoms with E-state index in [4.69, 9.17) is 4.74 Å². The van der Waals surface area contributed by atoms with Crippen molar-refractivity contribution in [3.8, 4) is 5.75 Å². The van der Waals surface area contributed by atoms with Gasteiger partial charge in [-0.1, -0.05) is 24.6 Å². The summed E-state index contributed by atoms with van der Waals surface area (Å²) in [7, 11) is 0. The largest absolute Gasteiger partial charge is 0.491 e. The number of thiophene rings is 1. The van der Waals surface area contributed by atoms with E-state index in [1.165, 1.54) is 17.0 Å². The number of fused-ring (bicyclic) bond motifs is 1. The van der Waals surface area contributed by atoms with Gasteiger partial charge in [-0.05, 0) is 80.1 Å². The van der Waals surface area contributed by atoms with E-state index in [1.54, 1.807) is 28.4 Å². The topological polar surface area (TPSA) is 49.9 Å². The van der Waals surface area contributed by atoms with Crippen LogP contribution in [0.1, 0.15) is 52.7 Å². The minimum Gasteiger partial charge on any atom is -0.491 e. The van der Waals surface area contributed by atoms with Crippen molar-refractivity contribution in [2.75, 3.05) is 19.7 Å². The predicted molar refractivity (Wildman–Crippen MR) is 136 cm³/mol. The molecule has 0 radical (unpaired) electrons. The molecule has 4 rings (SSSR count). The van der Waals surface area contributed by atoms with E-state index in [-0.39, 0.29) is 42.9 Å². The van der Waals surface area contributed by atoms with Crippen molar-refractivity contribution in [2.24, 2.45) is 0 Å².